The predicted molar refractivity (Wildman–Crippen MR) is 135 cm³/mol. The molecule has 6 heteroatoms. The van der Waals surface area contributed by atoms with E-state index in [1.807, 2.05) is 91.5 Å². The number of rotatable bonds is 7. The third-order valence-corrected chi connectivity index (χ3v) is 8.45. The lowest BCUT2D eigenvalue weighted by Gasteiger charge is -2.35. The fourth-order valence-corrected chi connectivity index (χ4v) is 6.40. The molecule has 34 heavy (non-hydrogen) atoms. The zero-order chi connectivity index (χ0) is 24.1. The van der Waals surface area contributed by atoms with Gasteiger partial charge in [-0.15, -0.1) is 0 Å². The van der Waals surface area contributed by atoms with Gasteiger partial charge in [0.05, 0.1) is 10.8 Å². The molecule has 3 aromatic rings. The smallest absolute Gasteiger partial charge is 0.243 e. The van der Waals surface area contributed by atoms with Gasteiger partial charge in [-0.1, -0.05) is 72.8 Å². The maximum Gasteiger partial charge on any atom is 0.243 e. The highest BCUT2D eigenvalue weighted by Gasteiger charge is 2.35. The van der Waals surface area contributed by atoms with Gasteiger partial charge in [-0.05, 0) is 55.0 Å². The van der Waals surface area contributed by atoms with Gasteiger partial charge < -0.3 is 4.90 Å². The molecule has 5 nitrogen and oxygen atoms in total. The van der Waals surface area contributed by atoms with Gasteiger partial charge in [-0.25, -0.2) is 8.42 Å². The molecule has 1 saturated heterocycles. The maximum absolute atomic E-state index is 13.7. The Kier molecular flexibility index (Phi) is 7.49. The largest absolute Gasteiger partial charge is 0.334 e. The zero-order valence-electron chi connectivity index (χ0n) is 19.9. The molecule has 0 radical (unpaired) electrons. The lowest BCUT2D eigenvalue weighted by molar-refractivity contribution is -0.138. The first-order chi connectivity index (χ1) is 16.3. The van der Waals surface area contributed by atoms with E-state index >= 15 is 0 Å². The van der Waals surface area contributed by atoms with Gasteiger partial charge in [0.2, 0.25) is 15.9 Å². The first-order valence-corrected chi connectivity index (χ1v) is 13.2. The molecule has 3 aromatic carbocycles. The van der Waals surface area contributed by atoms with Crippen LogP contribution in [0, 0.1) is 19.8 Å². The minimum absolute atomic E-state index is 0.00794. The van der Waals surface area contributed by atoms with Crippen molar-refractivity contribution < 1.29 is 13.2 Å². The van der Waals surface area contributed by atoms with Crippen LogP contribution in [0.5, 0.6) is 0 Å². The van der Waals surface area contributed by atoms with Crippen LogP contribution in [0.3, 0.4) is 0 Å². The average molecular weight is 477 g/mol. The molecule has 0 aromatic heterocycles. The predicted octanol–water partition coefficient (Wildman–Crippen LogP) is 4.93. The van der Waals surface area contributed by atoms with Gasteiger partial charge in [0.15, 0.2) is 0 Å². The summed E-state index contributed by atoms with van der Waals surface area (Å²) in [5, 5.41) is 0. The fraction of sp³-hybridized carbons (Fsp3) is 0.321. The Labute approximate surface area is 203 Å². The van der Waals surface area contributed by atoms with Crippen LogP contribution in [-0.4, -0.2) is 36.6 Å². The summed E-state index contributed by atoms with van der Waals surface area (Å²) in [4.78, 5) is 15.9. The molecule has 1 aliphatic rings. The summed E-state index contributed by atoms with van der Waals surface area (Å²) >= 11 is 0. The quantitative estimate of drug-likeness (QED) is 0.486. The van der Waals surface area contributed by atoms with Crippen molar-refractivity contribution in [3.05, 3.63) is 101 Å². The molecule has 4 rings (SSSR count). The van der Waals surface area contributed by atoms with Crippen LogP contribution in [0.1, 0.15) is 35.1 Å². The van der Waals surface area contributed by atoms with Gasteiger partial charge in [0, 0.05) is 26.2 Å². The van der Waals surface area contributed by atoms with Crippen molar-refractivity contribution in [3.8, 4) is 0 Å². The summed E-state index contributed by atoms with van der Waals surface area (Å²) in [7, 11) is -3.66. The molecule has 0 aliphatic carbocycles. The third kappa shape index (κ3) is 5.57. The van der Waals surface area contributed by atoms with Gasteiger partial charge in [0.1, 0.15) is 0 Å². The summed E-state index contributed by atoms with van der Waals surface area (Å²) < 4.78 is 28.5. The van der Waals surface area contributed by atoms with Crippen molar-refractivity contribution in [2.75, 3.05) is 13.1 Å². The Morgan fingerprint density at radius 3 is 2.09 bits per heavy atom. The van der Waals surface area contributed by atoms with Gasteiger partial charge in [0.25, 0.3) is 0 Å². The minimum atomic E-state index is -3.66. The molecule has 178 valence electrons. The monoisotopic (exact) mass is 476 g/mol. The van der Waals surface area contributed by atoms with Crippen molar-refractivity contribution >= 4 is 15.9 Å². The molecule has 0 unspecified atom stereocenters. The number of piperidine rings is 1. The average Bonchev–Trinajstić information content (AvgIpc) is 2.86. The lowest BCUT2D eigenvalue weighted by atomic mass is 9.97. The van der Waals surface area contributed by atoms with E-state index in [1.165, 1.54) is 4.31 Å². The van der Waals surface area contributed by atoms with Gasteiger partial charge in [-0.3, -0.25) is 4.79 Å². The van der Waals surface area contributed by atoms with Crippen LogP contribution in [0.15, 0.2) is 83.8 Å². The van der Waals surface area contributed by atoms with E-state index in [9.17, 15) is 13.2 Å². The number of aryl methyl sites for hydroxylation is 2. The highest BCUT2D eigenvalue weighted by atomic mass is 32.2. The van der Waals surface area contributed by atoms with Gasteiger partial charge >= 0.3 is 0 Å². The summed E-state index contributed by atoms with van der Waals surface area (Å²) in [5.74, 6) is -0.352. The molecular formula is C28H32N2O3S. The molecular weight excluding hydrogens is 444 g/mol. The summed E-state index contributed by atoms with van der Waals surface area (Å²) in [5.41, 5.74) is 3.75. The van der Waals surface area contributed by atoms with E-state index in [4.69, 9.17) is 0 Å². The zero-order valence-corrected chi connectivity index (χ0v) is 20.7. The van der Waals surface area contributed by atoms with Crippen LogP contribution >= 0.6 is 0 Å². The van der Waals surface area contributed by atoms with E-state index in [-0.39, 0.29) is 18.4 Å². The summed E-state index contributed by atoms with van der Waals surface area (Å²) in [6, 6.07) is 25.4. The summed E-state index contributed by atoms with van der Waals surface area (Å²) in [6.07, 6.45) is 1.36. The SMILES string of the molecule is Cc1ccc(C)c(S(=O)(=O)N2CCC[C@H](C(=O)N(Cc3ccccc3)Cc3ccccc3)C2)c1. The van der Waals surface area contributed by atoms with Crippen LogP contribution in [0.25, 0.3) is 0 Å². The topological polar surface area (TPSA) is 57.7 Å². The maximum atomic E-state index is 13.7. The molecule has 1 heterocycles. The second-order valence-corrected chi connectivity index (χ2v) is 11.0. The van der Waals surface area contributed by atoms with Crippen molar-refractivity contribution in [2.45, 2.75) is 44.7 Å². The Balaban J connectivity index is 1.56. The number of carbonyl (C=O) groups excluding carboxylic acids is 1. The lowest BCUT2D eigenvalue weighted by Crippen LogP contribution is -2.46. The second kappa shape index (κ2) is 10.5. The highest BCUT2D eigenvalue weighted by molar-refractivity contribution is 7.89. The summed E-state index contributed by atoms with van der Waals surface area (Å²) in [6.45, 7) is 5.36. The molecule has 0 spiro atoms. The number of sulfonamides is 1. The highest BCUT2D eigenvalue weighted by Crippen LogP contribution is 2.28. The Hall–Kier alpha value is -2.96. The van der Waals surface area contributed by atoms with Crippen LogP contribution in [-0.2, 0) is 27.9 Å². The van der Waals surface area contributed by atoms with E-state index in [0.29, 0.717) is 37.4 Å². The van der Waals surface area contributed by atoms with E-state index in [0.717, 1.165) is 22.3 Å². The van der Waals surface area contributed by atoms with Crippen LogP contribution < -0.4 is 0 Å². The number of hydrogen-bond donors (Lipinski definition) is 0. The van der Waals surface area contributed by atoms with Crippen molar-refractivity contribution in [3.63, 3.8) is 0 Å². The molecule has 0 N–H and O–H groups in total. The van der Waals surface area contributed by atoms with Gasteiger partial charge in [-0.2, -0.15) is 4.31 Å². The van der Waals surface area contributed by atoms with Crippen molar-refractivity contribution in [1.82, 2.24) is 9.21 Å². The molecule has 0 bridgehead atoms. The van der Waals surface area contributed by atoms with E-state index in [1.54, 1.807) is 6.07 Å². The number of nitrogens with zero attached hydrogens (tertiary/aromatic N) is 2. The molecule has 0 saturated carbocycles. The van der Waals surface area contributed by atoms with Crippen molar-refractivity contribution in [1.29, 1.82) is 0 Å². The third-order valence-electron chi connectivity index (χ3n) is 6.44. The Bertz CT molecular complexity index is 1190. The second-order valence-electron chi connectivity index (χ2n) is 9.14. The molecule has 1 aliphatic heterocycles. The van der Waals surface area contributed by atoms with E-state index < -0.39 is 10.0 Å². The molecule has 1 fully saturated rings. The standard InChI is InChI=1S/C28H32N2O3S/c1-22-15-16-23(2)27(18-22)34(32,33)30-17-9-14-26(21-30)28(31)29(19-24-10-5-3-6-11-24)20-25-12-7-4-8-13-25/h3-8,10-13,15-16,18,26H,9,14,17,19-21H2,1-2H3/t26-/m0/s1. The Morgan fingerprint density at radius 1 is 0.912 bits per heavy atom. The normalized spacial score (nSPS) is 16.8. The van der Waals surface area contributed by atoms with Crippen molar-refractivity contribution in [2.24, 2.45) is 5.92 Å². The first kappa shape index (κ1) is 24.2. The number of benzene rings is 3. The van der Waals surface area contributed by atoms with E-state index in [2.05, 4.69) is 0 Å². The number of hydrogen-bond acceptors (Lipinski definition) is 3. The van der Waals surface area contributed by atoms with Crippen LogP contribution in [0.4, 0.5) is 0 Å². The molecule has 1 atom stereocenters. The van der Waals surface area contributed by atoms with Crippen LogP contribution in [0.2, 0.25) is 0 Å². The number of carbonyl (C=O) groups is 1. The molecule has 1 amide bonds. The fourth-order valence-electron chi connectivity index (χ4n) is 4.56. The minimum Gasteiger partial charge on any atom is -0.334 e. The number of amides is 1. The first-order valence-electron chi connectivity index (χ1n) is 11.8. The Morgan fingerprint density at radius 2 is 1.50 bits per heavy atom.